The van der Waals surface area contributed by atoms with E-state index in [1.165, 1.54) is 17.3 Å². The van der Waals surface area contributed by atoms with Gasteiger partial charge in [0.2, 0.25) is 0 Å². The van der Waals surface area contributed by atoms with Gasteiger partial charge in [0.25, 0.3) is 5.91 Å². The lowest BCUT2D eigenvalue weighted by molar-refractivity contribution is -0.145. The molecule has 0 radical (unpaired) electrons. The fourth-order valence-electron chi connectivity index (χ4n) is 3.11. The van der Waals surface area contributed by atoms with Crippen LogP contribution >= 0.6 is 23.5 Å². The molecule has 148 valence electrons. The van der Waals surface area contributed by atoms with Crippen LogP contribution in [0.15, 0.2) is 52.3 Å². The normalized spacial score (nSPS) is 16.2. The van der Waals surface area contributed by atoms with Gasteiger partial charge in [-0.1, -0.05) is 36.8 Å². The lowest BCUT2D eigenvalue weighted by Gasteiger charge is -2.22. The second kappa shape index (κ2) is 9.52. The van der Waals surface area contributed by atoms with Crippen molar-refractivity contribution in [2.75, 3.05) is 23.8 Å². The van der Waals surface area contributed by atoms with Crippen LogP contribution in [-0.4, -0.2) is 36.0 Å². The molecule has 1 atom stereocenters. The van der Waals surface area contributed by atoms with Crippen LogP contribution < -0.4 is 4.90 Å². The van der Waals surface area contributed by atoms with Gasteiger partial charge in [-0.2, -0.15) is 0 Å². The smallest absolute Gasteiger partial charge is 0.316 e. The van der Waals surface area contributed by atoms with Crippen LogP contribution in [0.3, 0.4) is 0 Å². The summed E-state index contributed by atoms with van der Waals surface area (Å²) in [5.74, 6) is -0.350. The van der Waals surface area contributed by atoms with Gasteiger partial charge >= 0.3 is 5.97 Å². The fraction of sp³-hybridized carbons (Fsp3) is 0.364. The standard InChI is InChI=1S/C22H25NO3S2/c1-15-8-9-19(16(2)12-15)27-14-22(25)26-13-21(24)23-11-10-17(3)28-20-7-5-4-6-18(20)23/h4-9,12,17H,10-11,13-14H2,1-3H3/t17-/m1/s1. The maximum atomic E-state index is 12.7. The van der Waals surface area contributed by atoms with E-state index in [9.17, 15) is 9.59 Å². The van der Waals surface area contributed by atoms with E-state index in [0.717, 1.165) is 27.5 Å². The van der Waals surface area contributed by atoms with E-state index >= 15 is 0 Å². The highest BCUT2D eigenvalue weighted by molar-refractivity contribution is 8.00. The van der Waals surface area contributed by atoms with E-state index in [1.54, 1.807) is 16.7 Å². The molecule has 1 amide bonds. The van der Waals surface area contributed by atoms with Crippen molar-refractivity contribution in [2.24, 2.45) is 0 Å². The van der Waals surface area contributed by atoms with Crippen LogP contribution in [0.25, 0.3) is 0 Å². The average molecular weight is 416 g/mol. The van der Waals surface area contributed by atoms with E-state index in [0.29, 0.717) is 11.8 Å². The summed E-state index contributed by atoms with van der Waals surface area (Å²) in [5, 5.41) is 0.440. The molecule has 1 aliphatic heterocycles. The molecule has 0 spiro atoms. The molecule has 0 saturated heterocycles. The largest absolute Gasteiger partial charge is 0.455 e. The summed E-state index contributed by atoms with van der Waals surface area (Å²) in [6, 6.07) is 14.0. The van der Waals surface area contributed by atoms with Crippen molar-refractivity contribution < 1.29 is 14.3 Å². The molecule has 2 aromatic rings. The van der Waals surface area contributed by atoms with Gasteiger partial charge in [0, 0.05) is 21.6 Å². The van der Waals surface area contributed by atoms with E-state index < -0.39 is 0 Å². The Labute approximate surface area is 175 Å². The van der Waals surface area contributed by atoms with Crippen LogP contribution in [0.2, 0.25) is 0 Å². The maximum absolute atomic E-state index is 12.7. The van der Waals surface area contributed by atoms with Crippen molar-refractivity contribution in [2.45, 2.75) is 42.2 Å². The van der Waals surface area contributed by atoms with Gasteiger partial charge < -0.3 is 9.64 Å². The third kappa shape index (κ3) is 5.32. The number of hydrogen-bond donors (Lipinski definition) is 0. The van der Waals surface area contributed by atoms with Gasteiger partial charge in [-0.05, 0) is 44.0 Å². The van der Waals surface area contributed by atoms with E-state index in [-0.39, 0.29) is 24.2 Å². The van der Waals surface area contributed by atoms with E-state index in [1.807, 2.05) is 50.2 Å². The van der Waals surface area contributed by atoms with Gasteiger partial charge in [-0.25, -0.2) is 0 Å². The number of anilines is 1. The Hall–Kier alpha value is -1.92. The minimum Gasteiger partial charge on any atom is -0.455 e. The first kappa shape index (κ1) is 20.8. The number of benzene rings is 2. The third-order valence-corrected chi connectivity index (χ3v) is 6.96. The minimum absolute atomic E-state index is 0.174. The number of fused-ring (bicyclic) bond motifs is 1. The number of amides is 1. The highest BCUT2D eigenvalue weighted by atomic mass is 32.2. The highest BCUT2D eigenvalue weighted by Gasteiger charge is 2.24. The molecule has 0 bridgehead atoms. The molecule has 3 rings (SSSR count). The van der Waals surface area contributed by atoms with E-state index in [2.05, 4.69) is 13.0 Å². The first-order chi connectivity index (χ1) is 13.4. The second-order valence-corrected chi connectivity index (χ2v) is 9.45. The summed E-state index contributed by atoms with van der Waals surface area (Å²) in [6.45, 7) is 6.65. The summed E-state index contributed by atoms with van der Waals surface area (Å²) in [5.41, 5.74) is 3.24. The molecule has 1 heterocycles. The number of carbonyl (C=O) groups is 2. The van der Waals surface area contributed by atoms with Gasteiger partial charge in [-0.3, -0.25) is 9.59 Å². The number of nitrogens with zero attached hydrogens (tertiary/aromatic N) is 1. The van der Waals surface area contributed by atoms with Crippen molar-refractivity contribution in [3.63, 3.8) is 0 Å². The lowest BCUT2D eigenvalue weighted by Crippen LogP contribution is -2.36. The number of carbonyl (C=O) groups excluding carboxylic acids is 2. The van der Waals surface area contributed by atoms with Crippen molar-refractivity contribution in [1.82, 2.24) is 0 Å². The van der Waals surface area contributed by atoms with Crippen molar-refractivity contribution >= 4 is 41.1 Å². The summed E-state index contributed by atoms with van der Waals surface area (Å²) < 4.78 is 5.27. The predicted octanol–water partition coefficient (Wildman–Crippen LogP) is 4.86. The molecular formula is C22H25NO3S2. The summed E-state index contributed by atoms with van der Waals surface area (Å²) in [6.07, 6.45) is 0.904. The number of esters is 1. The number of para-hydroxylation sites is 1. The Morgan fingerprint density at radius 3 is 2.79 bits per heavy atom. The molecular weight excluding hydrogens is 390 g/mol. The summed E-state index contributed by atoms with van der Waals surface area (Å²) in [7, 11) is 0. The number of rotatable bonds is 5. The molecule has 1 aliphatic rings. The number of ether oxygens (including phenoxy) is 1. The quantitative estimate of drug-likeness (QED) is 0.516. The molecule has 28 heavy (non-hydrogen) atoms. The molecule has 0 aliphatic carbocycles. The number of hydrogen-bond acceptors (Lipinski definition) is 5. The molecule has 4 nitrogen and oxygen atoms in total. The molecule has 0 fully saturated rings. The Morgan fingerprint density at radius 2 is 2.00 bits per heavy atom. The average Bonchev–Trinajstić information content (AvgIpc) is 2.83. The Bertz CT molecular complexity index is 869. The first-order valence-corrected chi connectivity index (χ1v) is 11.2. The SMILES string of the molecule is Cc1ccc(SCC(=O)OCC(=O)N2CC[C@@H](C)Sc3ccccc32)c(C)c1. The summed E-state index contributed by atoms with van der Waals surface area (Å²) in [4.78, 5) is 28.8. The van der Waals surface area contributed by atoms with E-state index in [4.69, 9.17) is 4.74 Å². The zero-order chi connectivity index (χ0) is 20.1. The van der Waals surface area contributed by atoms with Crippen LogP contribution in [0.1, 0.15) is 24.5 Å². The van der Waals surface area contributed by atoms with Crippen molar-refractivity contribution in [3.8, 4) is 0 Å². The number of thioether (sulfide) groups is 2. The second-order valence-electron chi connectivity index (χ2n) is 6.95. The Morgan fingerprint density at radius 1 is 1.21 bits per heavy atom. The molecule has 2 aromatic carbocycles. The number of aryl methyl sites for hydroxylation is 2. The molecule has 0 N–H and O–H groups in total. The van der Waals surface area contributed by atoms with Gasteiger partial charge in [0.1, 0.15) is 0 Å². The maximum Gasteiger partial charge on any atom is 0.316 e. The highest BCUT2D eigenvalue weighted by Crippen LogP contribution is 2.37. The zero-order valence-corrected chi connectivity index (χ0v) is 18.1. The van der Waals surface area contributed by atoms with Crippen LogP contribution in [0.4, 0.5) is 5.69 Å². The van der Waals surface area contributed by atoms with Crippen molar-refractivity contribution in [1.29, 1.82) is 0 Å². The van der Waals surface area contributed by atoms with Gasteiger partial charge in [-0.15, -0.1) is 23.5 Å². The molecule has 0 saturated carbocycles. The molecule has 0 aromatic heterocycles. The third-order valence-electron chi connectivity index (χ3n) is 4.58. The fourth-order valence-corrected chi connectivity index (χ4v) is 5.03. The monoisotopic (exact) mass is 415 g/mol. The predicted molar refractivity (Wildman–Crippen MR) is 116 cm³/mol. The van der Waals surface area contributed by atoms with Gasteiger partial charge in [0.15, 0.2) is 6.61 Å². The van der Waals surface area contributed by atoms with Gasteiger partial charge in [0.05, 0.1) is 11.4 Å². The molecule has 0 unspecified atom stereocenters. The Kier molecular flexibility index (Phi) is 7.08. The first-order valence-electron chi connectivity index (χ1n) is 9.36. The topological polar surface area (TPSA) is 46.6 Å². The summed E-state index contributed by atoms with van der Waals surface area (Å²) >= 11 is 3.22. The van der Waals surface area contributed by atoms with Crippen molar-refractivity contribution in [3.05, 3.63) is 53.6 Å². The molecule has 6 heteroatoms. The van der Waals surface area contributed by atoms with Crippen LogP contribution in [0.5, 0.6) is 0 Å². The van der Waals surface area contributed by atoms with Crippen LogP contribution in [-0.2, 0) is 14.3 Å². The van der Waals surface area contributed by atoms with Crippen LogP contribution in [0, 0.1) is 13.8 Å². The minimum atomic E-state index is -0.371. The zero-order valence-electron chi connectivity index (χ0n) is 16.4. The lowest BCUT2D eigenvalue weighted by atomic mass is 10.2. The Balaban J connectivity index is 1.55.